The van der Waals surface area contributed by atoms with Crippen molar-refractivity contribution in [1.82, 2.24) is 5.32 Å². The van der Waals surface area contributed by atoms with Crippen LogP contribution in [0.4, 0.5) is 0 Å². The Labute approximate surface area is 107 Å². The Morgan fingerprint density at radius 2 is 2.12 bits per heavy atom. The molecule has 1 aliphatic heterocycles. The molecule has 2 radical (unpaired) electrons. The van der Waals surface area contributed by atoms with Gasteiger partial charge in [-0.3, -0.25) is 0 Å². The van der Waals surface area contributed by atoms with Crippen LogP contribution in [-0.4, -0.2) is 38.8 Å². The Kier molecular flexibility index (Phi) is 6.53. The molecular formula is C13H26BNO2. The van der Waals surface area contributed by atoms with E-state index in [9.17, 15) is 0 Å². The Hall–Kier alpha value is -0.0551. The lowest BCUT2D eigenvalue weighted by Crippen LogP contribution is -2.51. The topological polar surface area (TPSA) is 30.5 Å². The van der Waals surface area contributed by atoms with Gasteiger partial charge in [0.25, 0.3) is 0 Å². The second-order valence-corrected chi connectivity index (χ2v) is 4.99. The minimum atomic E-state index is -0.553. The van der Waals surface area contributed by atoms with Crippen LogP contribution in [-0.2, 0) is 9.47 Å². The number of hydrogen-bond donors (Lipinski definition) is 1. The van der Waals surface area contributed by atoms with Crippen molar-refractivity contribution in [2.24, 2.45) is 0 Å². The lowest BCUT2D eigenvalue weighted by atomic mass is 9.89. The molecule has 0 amide bonds. The third-order valence-corrected chi connectivity index (χ3v) is 3.54. The van der Waals surface area contributed by atoms with E-state index in [1.165, 1.54) is 19.3 Å². The molecule has 17 heavy (non-hydrogen) atoms. The zero-order valence-electron chi connectivity index (χ0n) is 11.5. The van der Waals surface area contributed by atoms with Gasteiger partial charge in [0.1, 0.15) is 19.6 Å². The summed E-state index contributed by atoms with van der Waals surface area (Å²) in [7, 11) is 5.71. The van der Waals surface area contributed by atoms with Crippen LogP contribution in [0.15, 0.2) is 0 Å². The molecule has 98 valence electrons. The van der Waals surface area contributed by atoms with Gasteiger partial charge < -0.3 is 14.8 Å². The van der Waals surface area contributed by atoms with Gasteiger partial charge >= 0.3 is 0 Å². The minimum absolute atomic E-state index is 0.232. The van der Waals surface area contributed by atoms with E-state index < -0.39 is 6.19 Å². The Morgan fingerprint density at radius 1 is 1.35 bits per heavy atom. The van der Waals surface area contributed by atoms with Crippen molar-refractivity contribution < 1.29 is 9.47 Å². The highest BCUT2D eigenvalue weighted by molar-refractivity contribution is 6.10. The van der Waals surface area contributed by atoms with E-state index in [2.05, 4.69) is 26.1 Å². The summed E-state index contributed by atoms with van der Waals surface area (Å²) < 4.78 is 11.3. The predicted molar refractivity (Wildman–Crippen MR) is 71.2 cm³/mol. The quantitative estimate of drug-likeness (QED) is 0.520. The third-order valence-electron chi connectivity index (χ3n) is 3.54. The molecule has 1 heterocycles. The second-order valence-electron chi connectivity index (χ2n) is 4.99. The van der Waals surface area contributed by atoms with Crippen molar-refractivity contribution in [3.05, 3.63) is 0 Å². The van der Waals surface area contributed by atoms with Crippen molar-refractivity contribution >= 4 is 7.85 Å². The molecule has 3 atom stereocenters. The fraction of sp³-hybridized carbons (Fsp3) is 1.00. The number of ether oxygens (including phenoxy) is 2. The Balaban J connectivity index is 2.52. The van der Waals surface area contributed by atoms with E-state index in [0.717, 1.165) is 19.4 Å². The zero-order chi connectivity index (χ0) is 12.7. The van der Waals surface area contributed by atoms with E-state index >= 15 is 0 Å². The van der Waals surface area contributed by atoms with Crippen LogP contribution < -0.4 is 5.32 Å². The summed E-state index contributed by atoms with van der Waals surface area (Å²) in [5.41, 5.74) is -0.232. The number of unbranched alkanes of at least 4 members (excludes halogenated alkanes) is 2. The molecular weight excluding hydrogens is 213 g/mol. The molecule has 3 unspecified atom stereocenters. The van der Waals surface area contributed by atoms with Gasteiger partial charge in [-0.05, 0) is 26.3 Å². The molecule has 0 aromatic rings. The summed E-state index contributed by atoms with van der Waals surface area (Å²) in [6.07, 6.45) is 5.22. The second kappa shape index (κ2) is 7.40. The van der Waals surface area contributed by atoms with Crippen LogP contribution in [0, 0.1) is 0 Å². The average molecular weight is 239 g/mol. The molecule has 1 fully saturated rings. The third kappa shape index (κ3) is 4.27. The summed E-state index contributed by atoms with van der Waals surface area (Å²) in [6.45, 7) is 8.17. The zero-order valence-corrected chi connectivity index (χ0v) is 11.5. The van der Waals surface area contributed by atoms with Gasteiger partial charge in [-0.2, -0.15) is 0 Å². The largest absolute Gasteiger partial charge is 0.359 e. The molecule has 1 aliphatic rings. The van der Waals surface area contributed by atoms with Crippen LogP contribution in [0.25, 0.3) is 0 Å². The van der Waals surface area contributed by atoms with Crippen molar-refractivity contribution in [1.29, 1.82) is 0 Å². The highest BCUT2D eigenvalue weighted by Crippen LogP contribution is 2.31. The lowest BCUT2D eigenvalue weighted by molar-refractivity contribution is -0.0576. The van der Waals surface area contributed by atoms with Crippen LogP contribution >= 0.6 is 0 Å². The smallest absolute Gasteiger partial charge is 0.149 e. The van der Waals surface area contributed by atoms with Crippen molar-refractivity contribution in [3.63, 3.8) is 0 Å². The molecule has 1 N–H and O–H groups in total. The summed E-state index contributed by atoms with van der Waals surface area (Å²) >= 11 is 0. The van der Waals surface area contributed by atoms with Gasteiger partial charge in [-0.25, -0.2) is 0 Å². The summed E-state index contributed by atoms with van der Waals surface area (Å²) in [6, 6.07) is 0.285. The van der Waals surface area contributed by atoms with Crippen molar-refractivity contribution in [2.75, 3.05) is 13.2 Å². The van der Waals surface area contributed by atoms with E-state index in [1.807, 2.05) is 0 Å². The van der Waals surface area contributed by atoms with Gasteiger partial charge in [0, 0.05) is 6.04 Å². The monoisotopic (exact) mass is 239 g/mol. The fourth-order valence-corrected chi connectivity index (χ4v) is 2.32. The van der Waals surface area contributed by atoms with Gasteiger partial charge in [-0.1, -0.05) is 33.1 Å². The highest BCUT2D eigenvalue weighted by Gasteiger charge is 2.43. The normalized spacial score (nSPS) is 30.6. The lowest BCUT2D eigenvalue weighted by Gasteiger charge is -2.34. The molecule has 1 rings (SSSR count). The SMILES string of the molecule is [B]C1OCC(CCCCC)(C(C)NCCC)O1. The van der Waals surface area contributed by atoms with Gasteiger partial charge in [0.05, 0.1) is 6.61 Å². The minimum Gasteiger partial charge on any atom is -0.359 e. The highest BCUT2D eigenvalue weighted by atomic mass is 16.7. The van der Waals surface area contributed by atoms with Crippen molar-refractivity contribution in [3.8, 4) is 0 Å². The fourth-order valence-electron chi connectivity index (χ4n) is 2.32. The van der Waals surface area contributed by atoms with Crippen LogP contribution in [0.3, 0.4) is 0 Å². The van der Waals surface area contributed by atoms with E-state index in [-0.39, 0.29) is 11.6 Å². The van der Waals surface area contributed by atoms with Crippen LogP contribution in [0.2, 0.25) is 0 Å². The number of hydrogen-bond acceptors (Lipinski definition) is 3. The molecule has 3 nitrogen and oxygen atoms in total. The predicted octanol–water partition coefficient (Wildman–Crippen LogP) is 2.19. The van der Waals surface area contributed by atoms with E-state index in [4.69, 9.17) is 17.3 Å². The summed E-state index contributed by atoms with van der Waals surface area (Å²) in [5.74, 6) is 0. The first-order valence-electron chi connectivity index (χ1n) is 6.93. The average Bonchev–Trinajstić information content (AvgIpc) is 2.69. The van der Waals surface area contributed by atoms with Crippen LogP contribution in [0.5, 0.6) is 0 Å². The van der Waals surface area contributed by atoms with E-state index in [0.29, 0.717) is 6.61 Å². The summed E-state index contributed by atoms with van der Waals surface area (Å²) in [4.78, 5) is 0. The Bertz CT molecular complexity index is 216. The van der Waals surface area contributed by atoms with Gasteiger partial charge in [0.15, 0.2) is 0 Å². The first kappa shape index (κ1) is 15.0. The number of nitrogens with one attached hydrogen (secondary N) is 1. The molecule has 4 heteroatoms. The molecule has 0 bridgehead atoms. The standard InChI is InChI=1S/C13H26BNO2/c1-4-6-7-8-13(10-16-12(14)17-13)11(3)15-9-5-2/h11-12,15H,4-10H2,1-3H3. The first-order chi connectivity index (χ1) is 8.14. The maximum Gasteiger partial charge on any atom is 0.149 e. The molecule has 0 saturated carbocycles. The van der Waals surface area contributed by atoms with Gasteiger partial charge in [-0.15, -0.1) is 0 Å². The summed E-state index contributed by atoms with van der Waals surface area (Å²) in [5, 5.41) is 3.50. The molecule has 1 saturated heterocycles. The van der Waals surface area contributed by atoms with Gasteiger partial charge in [0.2, 0.25) is 0 Å². The maximum atomic E-state index is 5.85. The van der Waals surface area contributed by atoms with Crippen LogP contribution in [0.1, 0.15) is 52.9 Å². The van der Waals surface area contributed by atoms with E-state index in [1.54, 1.807) is 0 Å². The van der Waals surface area contributed by atoms with Crippen molar-refractivity contribution in [2.45, 2.75) is 70.7 Å². The molecule has 0 aromatic carbocycles. The maximum absolute atomic E-state index is 5.85. The molecule has 0 spiro atoms. The molecule has 0 aliphatic carbocycles. The number of rotatable bonds is 8. The Morgan fingerprint density at radius 3 is 2.65 bits per heavy atom. The first-order valence-corrected chi connectivity index (χ1v) is 6.93. The molecule has 0 aromatic heterocycles.